The molecule has 0 aromatic rings. The first kappa shape index (κ1) is 21.4. The summed E-state index contributed by atoms with van der Waals surface area (Å²) in [5.41, 5.74) is -2.69. The quantitative estimate of drug-likeness (QED) is 0.506. The minimum atomic E-state index is -1.34. The van der Waals surface area contributed by atoms with Gasteiger partial charge in [0, 0.05) is 25.7 Å². The van der Waals surface area contributed by atoms with Crippen LogP contribution in [0.1, 0.15) is 53.4 Å². The minimum Gasteiger partial charge on any atom is -0.299 e. The molecule has 0 fully saturated rings. The van der Waals surface area contributed by atoms with Crippen molar-refractivity contribution < 1.29 is 19.2 Å². The van der Waals surface area contributed by atoms with E-state index >= 15 is 0 Å². The highest BCUT2D eigenvalue weighted by Gasteiger charge is 2.40. The van der Waals surface area contributed by atoms with Crippen LogP contribution >= 0.6 is 0 Å². The molecular weight excluding hydrogens is 304 g/mol. The molecule has 0 saturated heterocycles. The van der Waals surface area contributed by atoms with Gasteiger partial charge in [0.05, 0.1) is 0 Å². The standard InChI is InChI=1S/C20H22O4/c1-7-11-19(15(3)21,16(4)22)13-9-10-14-20(12-8-2,17(5)23)18(6)24/h1-2H,11-14H2,3-6H3. The second-order valence-corrected chi connectivity index (χ2v) is 5.86. The summed E-state index contributed by atoms with van der Waals surface area (Å²) in [7, 11) is 0. The summed E-state index contributed by atoms with van der Waals surface area (Å²) in [5, 5.41) is 0. The van der Waals surface area contributed by atoms with Crippen molar-refractivity contribution in [3.8, 4) is 36.5 Å². The second-order valence-electron chi connectivity index (χ2n) is 5.86. The van der Waals surface area contributed by atoms with Gasteiger partial charge in [-0.1, -0.05) is 0 Å². The van der Waals surface area contributed by atoms with Crippen LogP contribution in [0.2, 0.25) is 0 Å². The fraction of sp³-hybridized carbons (Fsp3) is 0.500. The van der Waals surface area contributed by atoms with Crippen molar-refractivity contribution in [2.45, 2.75) is 53.4 Å². The lowest BCUT2D eigenvalue weighted by Gasteiger charge is -2.25. The molecule has 4 heteroatoms. The highest BCUT2D eigenvalue weighted by atomic mass is 16.2. The Kier molecular flexibility index (Phi) is 7.88. The molecular formula is C20H22O4. The number of hydrogen-bond donors (Lipinski definition) is 0. The van der Waals surface area contributed by atoms with Gasteiger partial charge in [-0.15, -0.1) is 36.5 Å². The maximum absolute atomic E-state index is 11.9. The molecule has 24 heavy (non-hydrogen) atoms. The van der Waals surface area contributed by atoms with Gasteiger partial charge in [-0.3, -0.25) is 19.2 Å². The Bertz CT molecular complexity index is 600. The van der Waals surface area contributed by atoms with E-state index in [-0.39, 0.29) is 48.8 Å². The van der Waals surface area contributed by atoms with Crippen molar-refractivity contribution in [1.29, 1.82) is 0 Å². The molecule has 0 atom stereocenters. The first-order valence-electron chi connectivity index (χ1n) is 7.47. The zero-order chi connectivity index (χ0) is 19.0. The van der Waals surface area contributed by atoms with Gasteiger partial charge in [0.2, 0.25) is 0 Å². The summed E-state index contributed by atoms with van der Waals surface area (Å²) in [4.78, 5) is 47.6. The number of hydrogen-bond acceptors (Lipinski definition) is 4. The molecule has 0 aromatic carbocycles. The third-order valence-electron chi connectivity index (χ3n) is 4.41. The van der Waals surface area contributed by atoms with E-state index in [1.165, 1.54) is 27.7 Å². The first-order chi connectivity index (χ1) is 11.1. The average Bonchev–Trinajstić information content (AvgIpc) is 2.47. The highest BCUT2D eigenvalue weighted by molar-refractivity contribution is 6.06. The lowest BCUT2D eigenvalue weighted by atomic mass is 9.73. The van der Waals surface area contributed by atoms with Gasteiger partial charge < -0.3 is 0 Å². The van der Waals surface area contributed by atoms with E-state index in [1.54, 1.807) is 0 Å². The van der Waals surface area contributed by atoms with Crippen molar-refractivity contribution >= 4 is 23.1 Å². The molecule has 0 heterocycles. The summed E-state index contributed by atoms with van der Waals surface area (Å²) in [5.74, 6) is 8.75. The van der Waals surface area contributed by atoms with E-state index in [0.717, 1.165) is 0 Å². The van der Waals surface area contributed by atoms with Gasteiger partial charge in [0.1, 0.15) is 34.0 Å². The fourth-order valence-electron chi connectivity index (χ4n) is 2.39. The summed E-state index contributed by atoms with van der Waals surface area (Å²) < 4.78 is 0. The Morgan fingerprint density at radius 2 is 0.875 bits per heavy atom. The molecule has 0 spiro atoms. The van der Waals surface area contributed by atoms with Crippen LogP contribution in [0, 0.1) is 47.4 Å². The highest BCUT2D eigenvalue weighted by Crippen LogP contribution is 2.30. The zero-order valence-electron chi connectivity index (χ0n) is 14.6. The number of ketones is 4. The molecule has 0 amide bonds. The third kappa shape index (κ3) is 4.43. The predicted octanol–water partition coefficient (Wildman–Crippen LogP) is 2.15. The van der Waals surface area contributed by atoms with Crippen LogP contribution in [0.5, 0.6) is 0 Å². The topological polar surface area (TPSA) is 68.3 Å². The normalized spacial score (nSPS) is 10.6. The molecule has 4 nitrogen and oxygen atoms in total. The second kappa shape index (κ2) is 8.85. The molecule has 0 aliphatic heterocycles. The number of rotatable bonds is 8. The number of carbonyl (C=O) groups excluding carboxylic acids is 4. The third-order valence-corrected chi connectivity index (χ3v) is 4.41. The van der Waals surface area contributed by atoms with Crippen molar-refractivity contribution in [1.82, 2.24) is 0 Å². The van der Waals surface area contributed by atoms with E-state index < -0.39 is 10.8 Å². The lowest BCUT2D eigenvalue weighted by Crippen LogP contribution is -2.36. The van der Waals surface area contributed by atoms with Crippen LogP contribution in [-0.4, -0.2) is 23.1 Å². The van der Waals surface area contributed by atoms with Crippen LogP contribution in [0.25, 0.3) is 0 Å². The Hall–Kier alpha value is -2.64. The SMILES string of the molecule is C#CCC(CC#CCC(CC#C)(C(C)=O)C(C)=O)(C(C)=O)C(C)=O. The maximum Gasteiger partial charge on any atom is 0.145 e. The summed E-state index contributed by atoms with van der Waals surface area (Å²) in [6, 6.07) is 0. The molecule has 0 radical (unpaired) electrons. The molecule has 0 saturated carbocycles. The molecule has 0 rings (SSSR count). The van der Waals surface area contributed by atoms with Crippen molar-refractivity contribution in [2.24, 2.45) is 10.8 Å². The van der Waals surface area contributed by atoms with Crippen LogP contribution in [0.4, 0.5) is 0 Å². The van der Waals surface area contributed by atoms with E-state index in [9.17, 15) is 19.2 Å². The van der Waals surface area contributed by atoms with Crippen LogP contribution in [-0.2, 0) is 19.2 Å². The van der Waals surface area contributed by atoms with Crippen LogP contribution in [0.15, 0.2) is 0 Å². The monoisotopic (exact) mass is 326 g/mol. The molecule has 0 N–H and O–H groups in total. The Balaban J connectivity index is 5.58. The molecule has 0 aliphatic rings. The Labute approximate surface area is 143 Å². The van der Waals surface area contributed by atoms with Gasteiger partial charge in [0.25, 0.3) is 0 Å². The molecule has 126 valence electrons. The number of terminal acetylenes is 2. The molecule has 0 bridgehead atoms. The minimum absolute atomic E-state index is 0.0404. The summed E-state index contributed by atoms with van der Waals surface area (Å²) in [6.45, 7) is 5.20. The molecule has 0 aliphatic carbocycles. The van der Waals surface area contributed by atoms with E-state index in [0.29, 0.717) is 0 Å². The zero-order valence-corrected chi connectivity index (χ0v) is 14.6. The smallest absolute Gasteiger partial charge is 0.145 e. The Morgan fingerprint density at radius 3 is 1.04 bits per heavy atom. The van der Waals surface area contributed by atoms with E-state index in [1.807, 2.05) is 0 Å². The van der Waals surface area contributed by atoms with Gasteiger partial charge in [-0.25, -0.2) is 0 Å². The van der Waals surface area contributed by atoms with Crippen molar-refractivity contribution in [3.05, 3.63) is 0 Å². The van der Waals surface area contributed by atoms with E-state index in [4.69, 9.17) is 12.8 Å². The van der Waals surface area contributed by atoms with E-state index in [2.05, 4.69) is 23.7 Å². The first-order valence-corrected chi connectivity index (χ1v) is 7.47. The molecule has 0 aromatic heterocycles. The van der Waals surface area contributed by atoms with Crippen LogP contribution in [0.3, 0.4) is 0 Å². The maximum atomic E-state index is 11.9. The summed E-state index contributed by atoms with van der Waals surface area (Å²) >= 11 is 0. The van der Waals surface area contributed by atoms with Gasteiger partial charge >= 0.3 is 0 Å². The fourth-order valence-corrected chi connectivity index (χ4v) is 2.39. The Morgan fingerprint density at radius 1 is 0.625 bits per heavy atom. The van der Waals surface area contributed by atoms with Gasteiger partial charge in [-0.2, -0.15) is 0 Å². The average molecular weight is 326 g/mol. The number of carbonyl (C=O) groups is 4. The van der Waals surface area contributed by atoms with Crippen molar-refractivity contribution in [3.63, 3.8) is 0 Å². The van der Waals surface area contributed by atoms with Gasteiger partial charge in [-0.05, 0) is 27.7 Å². The number of Topliss-reactive ketones (excluding diaryl/α,β-unsaturated/α-hetero) is 4. The predicted molar refractivity (Wildman–Crippen MR) is 91.5 cm³/mol. The van der Waals surface area contributed by atoms with Crippen LogP contribution < -0.4 is 0 Å². The lowest BCUT2D eigenvalue weighted by molar-refractivity contribution is -0.139. The molecule has 0 unspecified atom stereocenters. The van der Waals surface area contributed by atoms with Crippen molar-refractivity contribution in [2.75, 3.05) is 0 Å². The van der Waals surface area contributed by atoms with Gasteiger partial charge in [0.15, 0.2) is 0 Å². The largest absolute Gasteiger partial charge is 0.299 e. The summed E-state index contributed by atoms with van der Waals surface area (Å²) in [6.07, 6.45) is 10.4.